The molecule has 0 fully saturated rings. The molecule has 0 saturated heterocycles. The average Bonchev–Trinajstić information content (AvgIpc) is 3.42. The Balaban J connectivity index is 1.67. The van der Waals surface area contributed by atoms with Crippen molar-refractivity contribution in [1.29, 1.82) is 10.5 Å². The molecule has 0 spiro atoms. The molecule has 0 bridgehead atoms. The lowest BCUT2D eigenvalue weighted by Crippen LogP contribution is -2.13. The Hall–Kier alpha value is -4.50. The summed E-state index contributed by atoms with van der Waals surface area (Å²) in [6.07, 6.45) is 6.82. The van der Waals surface area contributed by atoms with E-state index in [4.69, 9.17) is 5.26 Å². The highest BCUT2D eigenvalue weighted by molar-refractivity contribution is 5.92. The number of rotatable bonds is 6. The molecule has 9 heteroatoms. The monoisotopic (exact) mass is 396 g/mol. The first-order chi connectivity index (χ1) is 14.7. The Morgan fingerprint density at radius 3 is 2.97 bits per heavy atom. The van der Waals surface area contributed by atoms with E-state index in [0.717, 1.165) is 27.9 Å². The summed E-state index contributed by atoms with van der Waals surface area (Å²) in [6.45, 7) is 0. The van der Waals surface area contributed by atoms with Gasteiger partial charge in [-0.1, -0.05) is 12.1 Å². The number of carbonyl (C=O) groups excluding carboxylic acids is 1. The fourth-order valence-corrected chi connectivity index (χ4v) is 3.28. The molecular weight excluding hydrogens is 380 g/mol. The van der Waals surface area contributed by atoms with Crippen LogP contribution in [0.2, 0.25) is 0 Å². The predicted octanol–water partition coefficient (Wildman–Crippen LogP) is 3.18. The van der Waals surface area contributed by atoms with E-state index in [0.29, 0.717) is 5.69 Å². The lowest BCUT2D eigenvalue weighted by atomic mass is 10.0. The van der Waals surface area contributed by atoms with Gasteiger partial charge in [0, 0.05) is 29.0 Å². The SMILES string of the molecule is N#CCC(=O)Nc1cccc(C(CC#N)n2cc(-c3ncnc4[nH]ccc34)cn2)c1. The molecule has 146 valence electrons. The minimum atomic E-state index is -0.382. The Labute approximate surface area is 171 Å². The Morgan fingerprint density at radius 1 is 1.23 bits per heavy atom. The molecule has 3 heterocycles. The number of aromatic nitrogens is 5. The molecule has 3 aromatic heterocycles. The normalized spacial score (nSPS) is 11.5. The van der Waals surface area contributed by atoms with Crippen molar-refractivity contribution in [1.82, 2.24) is 24.7 Å². The van der Waals surface area contributed by atoms with Crippen LogP contribution in [0.3, 0.4) is 0 Å². The third-order valence-corrected chi connectivity index (χ3v) is 4.63. The van der Waals surface area contributed by atoms with Crippen LogP contribution in [-0.4, -0.2) is 30.6 Å². The van der Waals surface area contributed by atoms with Crippen molar-refractivity contribution in [3.05, 3.63) is 60.8 Å². The highest BCUT2D eigenvalue weighted by Crippen LogP contribution is 2.28. The Morgan fingerprint density at radius 2 is 2.13 bits per heavy atom. The highest BCUT2D eigenvalue weighted by Gasteiger charge is 2.18. The summed E-state index contributed by atoms with van der Waals surface area (Å²) in [5.41, 5.74) is 3.68. The zero-order valence-corrected chi connectivity index (χ0v) is 15.8. The van der Waals surface area contributed by atoms with Gasteiger partial charge in [0.2, 0.25) is 5.91 Å². The second-order valence-corrected chi connectivity index (χ2v) is 6.56. The summed E-state index contributed by atoms with van der Waals surface area (Å²) in [5.74, 6) is -0.382. The maximum absolute atomic E-state index is 11.7. The van der Waals surface area contributed by atoms with Crippen LogP contribution >= 0.6 is 0 Å². The van der Waals surface area contributed by atoms with E-state index in [2.05, 4.69) is 31.4 Å². The lowest BCUT2D eigenvalue weighted by molar-refractivity contribution is -0.115. The summed E-state index contributed by atoms with van der Waals surface area (Å²) in [4.78, 5) is 23.4. The zero-order valence-electron chi connectivity index (χ0n) is 15.8. The number of amides is 1. The predicted molar refractivity (Wildman–Crippen MR) is 109 cm³/mol. The second kappa shape index (κ2) is 8.25. The van der Waals surface area contributed by atoms with Gasteiger partial charge in [0.05, 0.1) is 36.5 Å². The van der Waals surface area contributed by atoms with Crippen molar-refractivity contribution in [3.8, 4) is 23.4 Å². The van der Waals surface area contributed by atoms with Crippen molar-refractivity contribution < 1.29 is 4.79 Å². The molecule has 1 aromatic carbocycles. The van der Waals surface area contributed by atoms with Gasteiger partial charge in [-0.2, -0.15) is 15.6 Å². The van der Waals surface area contributed by atoms with E-state index in [9.17, 15) is 10.1 Å². The molecule has 1 unspecified atom stereocenters. The number of nitriles is 2. The maximum Gasteiger partial charge on any atom is 0.238 e. The molecule has 4 rings (SSSR count). The number of anilines is 1. The van der Waals surface area contributed by atoms with E-state index >= 15 is 0 Å². The van der Waals surface area contributed by atoms with Crippen molar-refractivity contribution in [2.45, 2.75) is 18.9 Å². The van der Waals surface area contributed by atoms with Gasteiger partial charge >= 0.3 is 0 Å². The molecular formula is C21H16N8O. The van der Waals surface area contributed by atoms with Crippen LogP contribution in [0.1, 0.15) is 24.4 Å². The molecule has 4 aromatic rings. The number of nitrogens with zero attached hydrogens (tertiary/aromatic N) is 6. The molecule has 0 aliphatic rings. The largest absolute Gasteiger partial charge is 0.346 e. The molecule has 2 N–H and O–H groups in total. The molecule has 0 aliphatic heterocycles. The van der Waals surface area contributed by atoms with Crippen LogP contribution in [0.5, 0.6) is 0 Å². The molecule has 0 saturated carbocycles. The van der Waals surface area contributed by atoms with Crippen molar-refractivity contribution in [2.24, 2.45) is 0 Å². The fourth-order valence-electron chi connectivity index (χ4n) is 3.28. The number of carbonyl (C=O) groups is 1. The minimum absolute atomic E-state index is 0.194. The first-order valence-corrected chi connectivity index (χ1v) is 9.16. The van der Waals surface area contributed by atoms with Crippen LogP contribution in [-0.2, 0) is 4.79 Å². The quantitative estimate of drug-likeness (QED) is 0.514. The van der Waals surface area contributed by atoms with E-state index in [1.54, 1.807) is 35.3 Å². The lowest BCUT2D eigenvalue weighted by Gasteiger charge is -2.16. The van der Waals surface area contributed by atoms with Crippen molar-refractivity contribution >= 4 is 22.6 Å². The third kappa shape index (κ3) is 3.73. The summed E-state index contributed by atoms with van der Waals surface area (Å²) in [7, 11) is 0. The van der Waals surface area contributed by atoms with Crippen LogP contribution in [0.15, 0.2) is 55.2 Å². The van der Waals surface area contributed by atoms with Gasteiger partial charge in [0.1, 0.15) is 18.4 Å². The number of H-pyrrole nitrogens is 1. The number of aromatic amines is 1. The van der Waals surface area contributed by atoms with Gasteiger partial charge in [-0.3, -0.25) is 9.48 Å². The summed E-state index contributed by atoms with van der Waals surface area (Å²) >= 11 is 0. The van der Waals surface area contributed by atoms with Gasteiger partial charge < -0.3 is 10.3 Å². The number of hydrogen-bond donors (Lipinski definition) is 2. The summed E-state index contributed by atoms with van der Waals surface area (Å²) in [5, 5.41) is 26.0. The third-order valence-electron chi connectivity index (χ3n) is 4.63. The number of benzene rings is 1. The van der Waals surface area contributed by atoms with Gasteiger partial charge in [0.15, 0.2) is 0 Å². The van der Waals surface area contributed by atoms with E-state index in [-0.39, 0.29) is 24.8 Å². The van der Waals surface area contributed by atoms with E-state index in [1.807, 2.05) is 24.4 Å². The Bertz CT molecular complexity index is 1290. The number of nitrogens with one attached hydrogen (secondary N) is 2. The van der Waals surface area contributed by atoms with Gasteiger partial charge in [-0.05, 0) is 23.8 Å². The summed E-state index contributed by atoms with van der Waals surface area (Å²) in [6, 6.07) is 12.8. The number of hydrogen-bond acceptors (Lipinski definition) is 6. The number of fused-ring (bicyclic) bond motifs is 1. The summed E-state index contributed by atoms with van der Waals surface area (Å²) < 4.78 is 1.72. The first kappa shape index (κ1) is 18.8. The van der Waals surface area contributed by atoms with Crippen molar-refractivity contribution in [2.75, 3.05) is 5.32 Å². The van der Waals surface area contributed by atoms with Gasteiger partial charge in [-0.25, -0.2) is 9.97 Å². The maximum atomic E-state index is 11.7. The average molecular weight is 396 g/mol. The van der Waals surface area contributed by atoms with Gasteiger partial charge in [0.25, 0.3) is 0 Å². The van der Waals surface area contributed by atoms with E-state index < -0.39 is 0 Å². The smallest absolute Gasteiger partial charge is 0.238 e. The standard InChI is InChI=1S/C21H16N8O/c22-7-4-18(14-2-1-3-16(10-14)28-19(30)5-8-23)29-12-15(11-27-29)20-17-6-9-24-21(17)26-13-25-20/h1-3,6,9-13,18H,4-5H2,(H,28,30)(H,24,25,26). The van der Waals surface area contributed by atoms with Crippen LogP contribution in [0.4, 0.5) is 5.69 Å². The topological polar surface area (TPSA) is 136 Å². The van der Waals surface area contributed by atoms with Crippen LogP contribution in [0, 0.1) is 22.7 Å². The van der Waals surface area contributed by atoms with Crippen LogP contribution in [0.25, 0.3) is 22.3 Å². The minimum Gasteiger partial charge on any atom is -0.346 e. The molecule has 0 radical (unpaired) electrons. The molecule has 0 aliphatic carbocycles. The second-order valence-electron chi connectivity index (χ2n) is 6.56. The van der Waals surface area contributed by atoms with Crippen LogP contribution < -0.4 is 5.32 Å². The highest BCUT2D eigenvalue weighted by atomic mass is 16.1. The van der Waals surface area contributed by atoms with Crippen molar-refractivity contribution in [3.63, 3.8) is 0 Å². The molecule has 1 amide bonds. The Kier molecular flexibility index (Phi) is 5.18. The zero-order chi connectivity index (χ0) is 20.9. The van der Waals surface area contributed by atoms with Gasteiger partial charge in [-0.15, -0.1) is 0 Å². The molecule has 1 atom stereocenters. The molecule has 30 heavy (non-hydrogen) atoms. The fraction of sp³-hybridized carbons (Fsp3) is 0.143. The first-order valence-electron chi connectivity index (χ1n) is 9.16. The van der Waals surface area contributed by atoms with E-state index in [1.165, 1.54) is 6.33 Å². The molecule has 9 nitrogen and oxygen atoms in total.